The summed E-state index contributed by atoms with van der Waals surface area (Å²) in [5.41, 5.74) is 3.96. The van der Waals surface area contributed by atoms with E-state index < -0.39 is 0 Å². The molecule has 0 saturated carbocycles. The van der Waals surface area contributed by atoms with Crippen LogP contribution in [0.15, 0.2) is 30.9 Å². The molecule has 2 fully saturated rings. The van der Waals surface area contributed by atoms with E-state index in [9.17, 15) is 0 Å². The van der Waals surface area contributed by atoms with Gasteiger partial charge in [-0.05, 0) is 78.5 Å². The second kappa shape index (κ2) is 8.13. The summed E-state index contributed by atoms with van der Waals surface area (Å²) < 4.78 is 6.67. The number of pyridine rings is 1. The minimum Gasteiger partial charge on any atom is -0.372 e. The highest BCUT2D eigenvalue weighted by Gasteiger charge is 2.51. The van der Waals surface area contributed by atoms with Gasteiger partial charge in [0.25, 0.3) is 0 Å². The topological polar surface area (TPSA) is 79.8 Å². The molecule has 1 N–H and O–H groups in total. The molecule has 3 aromatic rings. The van der Waals surface area contributed by atoms with Gasteiger partial charge in [-0.3, -0.25) is 9.88 Å². The molecule has 2 aliphatic heterocycles. The number of ether oxygens (including phenoxy) is 1. The van der Waals surface area contributed by atoms with E-state index in [1.165, 1.54) is 5.56 Å². The van der Waals surface area contributed by atoms with E-state index in [0.717, 1.165) is 67.9 Å². The van der Waals surface area contributed by atoms with Crippen molar-refractivity contribution < 1.29 is 4.74 Å². The predicted octanol–water partition coefficient (Wildman–Crippen LogP) is 4.57. The zero-order valence-electron chi connectivity index (χ0n) is 20.6. The lowest BCUT2D eigenvalue weighted by Crippen LogP contribution is -2.45. The molecule has 2 saturated heterocycles. The van der Waals surface area contributed by atoms with Crippen molar-refractivity contribution in [3.63, 3.8) is 0 Å². The van der Waals surface area contributed by atoms with Gasteiger partial charge in [0.2, 0.25) is 0 Å². The van der Waals surface area contributed by atoms with Crippen molar-refractivity contribution in [2.75, 3.05) is 13.1 Å². The number of imidazole rings is 1. The number of nitrogens with one attached hydrogen (secondary N) is 1. The van der Waals surface area contributed by atoms with Crippen molar-refractivity contribution in [3.05, 3.63) is 47.9 Å². The quantitative estimate of drug-likeness (QED) is 0.595. The Kier molecular flexibility index (Phi) is 5.52. The Bertz CT molecular complexity index is 1090. The number of aryl methyl sites for hydroxylation is 2. The molecule has 7 nitrogen and oxygen atoms in total. The Balaban J connectivity index is 1.39. The average molecular weight is 449 g/mol. The van der Waals surface area contributed by atoms with Gasteiger partial charge < -0.3 is 9.72 Å². The molecule has 176 valence electrons. The third kappa shape index (κ3) is 4.28. The van der Waals surface area contributed by atoms with E-state index in [4.69, 9.17) is 9.72 Å². The minimum absolute atomic E-state index is 0.0452. The molecular weight excluding hydrogens is 412 g/mol. The van der Waals surface area contributed by atoms with Crippen LogP contribution >= 0.6 is 0 Å². The fourth-order valence-electron chi connectivity index (χ4n) is 5.72. The standard InChI is InChI=1S/C26H36N6O/c1-18-6-7-19(14-28-18)25(4,5)32-13-12-26(16-32,21-8-10-24(2,3)33-21)11-9-22-30-20-15-27-17-29-23(20)31-22/h6-7,14-15,17,21H,8-13,16H2,1-5H3,(H,27,29,30,31)/t21?,26-/m0/s1. The number of rotatable bonds is 6. The number of hydrogen-bond donors (Lipinski definition) is 1. The summed E-state index contributed by atoms with van der Waals surface area (Å²) in [6, 6.07) is 4.35. The molecule has 0 bridgehead atoms. The Morgan fingerprint density at radius 1 is 1.18 bits per heavy atom. The Hall–Kier alpha value is -2.38. The maximum atomic E-state index is 6.67. The van der Waals surface area contributed by atoms with Crippen LogP contribution < -0.4 is 0 Å². The number of fused-ring (bicyclic) bond motifs is 1. The fourth-order valence-corrected chi connectivity index (χ4v) is 5.72. The van der Waals surface area contributed by atoms with Crippen LogP contribution in [0.4, 0.5) is 0 Å². The second-order valence-electron chi connectivity index (χ2n) is 11.1. The summed E-state index contributed by atoms with van der Waals surface area (Å²) in [5.74, 6) is 0.988. The maximum Gasteiger partial charge on any atom is 0.180 e. The third-order valence-electron chi connectivity index (χ3n) is 8.02. The van der Waals surface area contributed by atoms with Crippen LogP contribution in [-0.2, 0) is 16.7 Å². The van der Waals surface area contributed by atoms with Gasteiger partial charge in [-0.25, -0.2) is 15.0 Å². The normalized spacial score (nSPS) is 25.8. The molecular formula is C26H36N6O. The number of hydrogen-bond acceptors (Lipinski definition) is 6. The number of likely N-dealkylation sites (tertiary alicyclic amines) is 1. The SMILES string of the molecule is Cc1ccc(C(C)(C)N2CC[C@](CCc3nc4ncncc4[nH]3)(C3CCC(C)(C)O3)C2)cn1. The summed E-state index contributed by atoms with van der Waals surface area (Å²) >= 11 is 0. The van der Waals surface area contributed by atoms with Crippen LogP contribution in [0, 0.1) is 12.3 Å². The summed E-state index contributed by atoms with van der Waals surface area (Å²) in [7, 11) is 0. The second-order valence-corrected chi connectivity index (χ2v) is 11.1. The van der Waals surface area contributed by atoms with Crippen molar-refractivity contribution in [1.82, 2.24) is 29.8 Å². The van der Waals surface area contributed by atoms with E-state index in [-0.39, 0.29) is 22.7 Å². The van der Waals surface area contributed by atoms with Gasteiger partial charge in [-0.15, -0.1) is 0 Å². The lowest BCUT2D eigenvalue weighted by atomic mass is 9.75. The number of H-pyrrole nitrogens is 1. The van der Waals surface area contributed by atoms with E-state index in [1.807, 2.05) is 13.1 Å². The number of aromatic amines is 1. The van der Waals surface area contributed by atoms with Crippen LogP contribution in [0.2, 0.25) is 0 Å². The first-order valence-corrected chi connectivity index (χ1v) is 12.2. The van der Waals surface area contributed by atoms with Gasteiger partial charge in [-0.1, -0.05) is 6.07 Å². The first-order valence-electron chi connectivity index (χ1n) is 12.2. The molecule has 0 spiro atoms. The first kappa shape index (κ1) is 22.4. The van der Waals surface area contributed by atoms with E-state index in [2.05, 4.69) is 64.7 Å². The molecule has 33 heavy (non-hydrogen) atoms. The smallest absolute Gasteiger partial charge is 0.180 e. The van der Waals surface area contributed by atoms with Gasteiger partial charge >= 0.3 is 0 Å². The van der Waals surface area contributed by atoms with Gasteiger partial charge in [0.1, 0.15) is 17.7 Å². The number of nitrogens with zero attached hydrogens (tertiary/aromatic N) is 5. The third-order valence-corrected chi connectivity index (χ3v) is 8.02. The molecule has 1 unspecified atom stereocenters. The zero-order chi connectivity index (χ0) is 23.3. The molecule has 0 radical (unpaired) electrons. The summed E-state index contributed by atoms with van der Waals surface area (Å²) in [6.07, 6.45) is 11.0. The Morgan fingerprint density at radius 3 is 2.73 bits per heavy atom. The van der Waals surface area contributed by atoms with E-state index >= 15 is 0 Å². The van der Waals surface area contributed by atoms with Crippen molar-refractivity contribution >= 4 is 11.2 Å². The van der Waals surface area contributed by atoms with Gasteiger partial charge in [-0.2, -0.15) is 0 Å². The average Bonchev–Trinajstić information content (AvgIpc) is 3.49. The highest BCUT2D eigenvalue weighted by Crippen LogP contribution is 2.49. The van der Waals surface area contributed by atoms with Crippen LogP contribution in [0.3, 0.4) is 0 Å². The van der Waals surface area contributed by atoms with Crippen LogP contribution in [0.25, 0.3) is 11.2 Å². The Labute approximate surface area is 196 Å². The molecule has 5 rings (SSSR count). The van der Waals surface area contributed by atoms with Crippen molar-refractivity contribution in [1.29, 1.82) is 0 Å². The Morgan fingerprint density at radius 2 is 2.03 bits per heavy atom. The molecule has 3 aromatic heterocycles. The van der Waals surface area contributed by atoms with E-state index in [1.54, 1.807) is 12.5 Å². The zero-order valence-corrected chi connectivity index (χ0v) is 20.6. The molecule has 5 heterocycles. The van der Waals surface area contributed by atoms with Gasteiger partial charge in [0.05, 0.1) is 17.9 Å². The minimum atomic E-state index is -0.0779. The highest BCUT2D eigenvalue weighted by molar-refractivity contribution is 5.68. The molecule has 7 heteroatoms. The summed E-state index contributed by atoms with van der Waals surface area (Å²) in [5, 5.41) is 0. The fraction of sp³-hybridized carbons (Fsp3) is 0.615. The maximum absolute atomic E-state index is 6.67. The first-order chi connectivity index (χ1) is 15.7. The van der Waals surface area contributed by atoms with Crippen LogP contribution in [-0.4, -0.2) is 54.6 Å². The summed E-state index contributed by atoms with van der Waals surface area (Å²) in [6.45, 7) is 13.2. The highest BCUT2D eigenvalue weighted by atomic mass is 16.5. The van der Waals surface area contributed by atoms with Crippen molar-refractivity contribution in [3.8, 4) is 0 Å². The van der Waals surface area contributed by atoms with Crippen LogP contribution in [0.1, 0.15) is 70.5 Å². The van der Waals surface area contributed by atoms with E-state index in [0.29, 0.717) is 0 Å². The molecule has 2 aliphatic rings. The molecule has 2 atom stereocenters. The lowest BCUT2D eigenvalue weighted by Gasteiger charge is -2.40. The predicted molar refractivity (Wildman–Crippen MR) is 129 cm³/mol. The van der Waals surface area contributed by atoms with Crippen LogP contribution in [0.5, 0.6) is 0 Å². The summed E-state index contributed by atoms with van der Waals surface area (Å²) in [4.78, 5) is 23.7. The van der Waals surface area contributed by atoms with Crippen molar-refractivity contribution in [2.45, 2.75) is 84.0 Å². The largest absolute Gasteiger partial charge is 0.372 e. The lowest BCUT2D eigenvalue weighted by molar-refractivity contribution is -0.0789. The molecule has 0 aromatic carbocycles. The van der Waals surface area contributed by atoms with Gasteiger partial charge in [0.15, 0.2) is 5.65 Å². The molecule has 0 amide bonds. The van der Waals surface area contributed by atoms with Crippen molar-refractivity contribution in [2.24, 2.45) is 5.41 Å². The molecule has 0 aliphatic carbocycles. The monoisotopic (exact) mass is 448 g/mol. The van der Waals surface area contributed by atoms with Gasteiger partial charge in [0, 0.05) is 35.8 Å². The number of aromatic nitrogens is 5.